The van der Waals surface area contributed by atoms with Gasteiger partial charge in [-0.1, -0.05) is 63.3 Å². The topological polar surface area (TPSA) is 66.8 Å². The maximum Gasteiger partial charge on any atom is 0.303 e. The molecule has 4 atom stereocenters. The molecule has 0 saturated heterocycles. The number of benzene rings is 1. The Balaban J connectivity index is 1.95. The highest BCUT2D eigenvalue weighted by molar-refractivity contribution is 6.74. The first-order chi connectivity index (χ1) is 16.0. The van der Waals surface area contributed by atoms with Crippen molar-refractivity contribution in [2.45, 2.75) is 115 Å². The van der Waals surface area contributed by atoms with Gasteiger partial charge in [-0.15, -0.1) is 0 Å². The minimum Gasteiger partial charge on any atom is -0.481 e. The number of carboxylic acids is 1. The number of carboxylic acid groups (broad SMARTS) is 1. The monoisotopic (exact) mass is 488 g/mol. The van der Waals surface area contributed by atoms with Crippen molar-refractivity contribution in [2.24, 2.45) is 11.8 Å². The van der Waals surface area contributed by atoms with Crippen molar-refractivity contribution in [2.75, 3.05) is 0 Å². The average molecular weight is 489 g/mol. The molecule has 2 rings (SSSR count). The van der Waals surface area contributed by atoms with E-state index in [2.05, 4.69) is 76.3 Å². The van der Waals surface area contributed by atoms with Crippen LogP contribution in [0.3, 0.4) is 0 Å². The average Bonchev–Trinajstić information content (AvgIpc) is 3.11. The SMILES string of the molecule is CC(C)(C)[Si](C)(C)O[C@@H](CCc1ccccc1)CC[C@@H]1[C@@H](C/C=C\CCCC(=O)O)CC[C@H]1O. The van der Waals surface area contributed by atoms with Gasteiger partial charge in [-0.2, -0.15) is 0 Å². The summed E-state index contributed by atoms with van der Waals surface area (Å²) in [7, 11) is -1.87. The lowest BCUT2D eigenvalue weighted by Crippen LogP contribution is -2.44. The number of unbranched alkanes of at least 4 members (excludes halogenated alkanes) is 1. The lowest BCUT2D eigenvalue weighted by molar-refractivity contribution is -0.137. The number of carbonyl (C=O) groups is 1. The summed E-state index contributed by atoms with van der Waals surface area (Å²) in [4.78, 5) is 10.7. The number of rotatable bonds is 14. The lowest BCUT2D eigenvalue weighted by atomic mass is 9.86. The van der Waals surface area contributed by atoms with Gasteiger partial charge in [0.2, 0.25) is 0 Å². The third kappa shape index (κ3) is 9.67. The maximum atomic E-state index is 10.7. The van der Waals surface area contributed by atoms with E-state index in [9.17, 15) is 9.90 Å². The fraction of sp³-hybridized carbons (Fsp3) is 0.690. The molecule has 1 aromatic rings. The summed E-state index contributed by atoms with van der Waals surface area (Å²) in [6, 6.07) is 10.7. The predicted octanol–water partition coefficient (Wildman–Crippen LogP) is 7.38. The molecular weight excluding hydrogens is 440 g/mol. The molecule has 1 fully saturated rings. The molecule has 192 valence electrons. The van der Waals surface area contributed by atoms with Crippen LogP contribution < -0.4 is 0 Å². The van der Waals surface area contributed by atoms with Gasteiger partial charge in [-0.05, 0) is 93.3 Å². The quantitative estimate of drug-likeness (QED) is 0.163. The number of aliphatic hydroxyl groups excluding tert-OH is 1. The highest BCUT2D eigenvalue weighted by Crippen LogP contribution is 2.41. The summed E-state index contributed by atoms with van der Waals surface area (Å²) in [6.45, 7) is 11.6. The minimum absolute atomic E-state index is 0.179. The summed E-state index contributed by atoms with van der Waals surface area (Å²) < 4.78 is 6.89. The maximum absolute atomic E-state index is 10.7. The van der Waals surface area contributed by atoms with Gasteiger partial charge in [0.15, 0.2) is 8.32 Å². The number of allylic oxidation sites excluding steroid dienone is 2. The molecule has 0 bridgehead atoms. The van der Waals surface area contributed by atoms with Crippen molar-refractivity contribution in [1.82, 2.24) is 0 Å². The molecular formula is C29H48O4Si. The van der Waals surface area contributed by atoms with Crippen LogP contribution in [-0.4, -0.2) is 36.7 Å². The van der Waals surface area contributed by atoms with E-state index in [4.69, 9.17) is 9.53 Å². The second-order valence-corrected chi connectivity index (χ2v) is 16.4. The van der Waals surface area contributed by atoms with Crippen LogP contribution in [0.5, 0.6) is 0 Å². The summed E-state index contributed by atoms with van der Waals surface area (Å²) in [5, 5.41) is 19.7. The number of hydrogen-bond donors (Lipinski definition) is 2. The normalized spacial score (nSPS) is 22.4. The standard InChI is InChI=1S/C29H48O4Si/c1-29(2,3)34(4,5)33-25(19-17-23-13-9-8-10-14-23)20-21-26-24(18-22-27(26)30)15-11-6-7-12-16-28(31)32/h6,8-11,13-14,24-27,30H,7,12,15-22H2,1-5H3,(H,31,32)/b11-6-/t24-,25-,26+,27+/m0/s1. The molecule has 1 saturated carbocycles. The Labute approximate surface area is 208 Å². The van der Waals surface area contributed by atoms with Crippen molar-refractivity contribution in [1.29, 1.82) is 0 Å². The smallest absolute Gasteiger partial charge is 0.303 e. The fourth-order valence-corrected chi connectivity index (χ4v) is 6.24. The van der Waals surface area contributed by atoms with Crippen LogP contribution in [0.4, 0.5) is 0 Å². The van der Waals surface area contributed by atoms with Crippen molar-refractivity contribution < 1.29 is 19.4 Å². The molecule has 0 spiro atoms. The molecule has 1 aromatic carbocycles. The number of hydrogen-bond acceptors (Lipinski definition) is 3. The largest absolute Gasteiger partial charge is 0.481 e. The molecule has 0 aromatic heterocycles. The van der Waals surface area contributed by atoms with Crippen LogP contribution in [0.1, 0.15) is 84.1 Å². The van der Waals surface area contributed by atoms with Crippen molar-refractivity contribution in [3.05, 3.63) is 48.0 Å². The Kier molecular flexibility index (Phi) is 11.5. The molecule has 0 heterocycles. The van der Waals surface area contributed by atoms with Crippen molar-refractivity contribution in [3.8, 4) is 0 Å². The van der Waals surface area contributed by atoms with E-state index in [1.807, 2.05) is 0 Å². The highest BCUT2D eigenvalue weighted by atomic mass is 28.4. The lowest BCUT2D eigenvalue weighted by Gasteiger charge is -2.40. The van der Waals surface area contributed by atoms with Gasteiger partial charge in [0, 0.05) is 12.5 Å². The summed E-state index contributed by atoms with van der Waals surface area (Å²) in [5.74, 6) is 0.105. The van der Waals surface area contributed by atoms with Gasteiger partial charge in [0.1, 0.15) is 0 Å². The minimum atomic E-state index is -1.87. The molecule has 0 amide bonds. The third-order valence-electron chi connectivity index (χ3n) is 7.99. The Morgan fingerprint density at radius 1 is 1.15 bits per heavy atom. The van der Waals surface area contributed by atoms with Crippen LogP contribution in [0.25, 0.3) is 0 Å². The fourth-order valence-electron chi connectivity index (χ4n) is 4.81. The van der Waals surface area contributed by atoms with Gasteiger partial charge < -0.3 is 14.6 Å². The molecule has 2 N–H and O–H groups in total. The van der Waals surface area contributed by atoms with Crippen LogP contribution in [0, 0.1) is 11.8 Å². The van der Waals surface area contributed by atoms with Crippen LogP contribution >= 0.6 is 0 Å². The van der Waals surface area contributed by atoms with Crippen LogP contribution in [0.15, 0.2) is 42.5 Å². The zero-order valence-corrected chi connectivity index (χ0v) is 23.1. The van der Waals surface area contributed by atoms with E-state index >= 15 is 0 Å². The van der Waals surface area contributed by atoms with Gasteiger partial charge in [0.25, 0.3) is 0 Å². The number of aryl methyl sites for hydroxylation is 1. The molecule has 4 nitrogen and oxygen atoms in total. The van der Waals surface area contributed by atoms with Crippen molar-refractivity contribution >= 4 is 14.3 Å². The number of aliphatic carboxylic acids is 1. The molecule has 34 heavy (non-hydrogen) atoms. The molecule has 0 radical (unpaired) electrons. The first kappa shape index (κ1) is 28.8. The van der Waals surface area contributed by atoms with E-state index in [0.717, 1.165) is 51.4 Å². The van der Waals surface area contributed by atoms with E-state index < -0.39 is 14.3 Å². The van der Waals surface area contributed by atoms with Gasteiger partial charge >= 0.3 is 5.97 Å². The number of aliphatic hydroxyl groups is 1. The van der Waals surface area contributed by atoms with Gasteiger partial charge in [0.05, 0.1) is 6.10 Å². The highest BCUT2D eigenvalue weighted by Gasteiger charge is 2.40. The Hall–Kier alpha value is -1.43. The van der Waals surface area contributed by atoms with Gasteiger partial charge in [-0.3, -0.25) is 4.79 Å². The molecule has 0 aliphatic heterocycles. The summed E-state index contributed by atoms with van der Waals surface area (Å²) >= 11 is 0. The van der Waals surface area contributed by atoms with Crippen LogP contribution in [-0.2, 0) is 15.6 Å². The summed E-state index contributed by atoms with van der Waals surface area (Å²) in [5.41, 5.74) is 1.36. The predicted molar refractivity (Wildman–Crippen MR) is 144 cm³/mol. The third-order valence-corrected chi connectivity index (χ3v) is 12.5. The van der Waals surface area contributed by atoms with E-state index in [1.54, 1.807) is 0 Å². The molecule has 5 heteroatoms. The van der Waals surface area contributed by atoms with Crippen molar-refractivity contribution in [3.63, 3.8) is 0 Å². The first-order valence-corrected chi connectivity index (χ1v) is 16.2. The Morgan fingerprint density at radius 2 is 1.85 bits per heavy atom. The van der Waals surface area contributed by atoms with E-state index in [0.29, 0.717) is 18.3 Å². The Morgan fingerprint density at radius 3 is 2.50 bits per heavy atom. The van der Waals surface area contributed by atoms with Crippen LogP contribution in [0.2, 0.25) is 18.1 Å². The first-order valence-electron chi connectivity index (χ1n) is 13.3. The molecule has 1 aliphatic carbocycles. The second-order valence-electron chi connectivity index (χ2n) is 11.7. The zero-order valence-electron chi connectivity index (χ0n) is 22.1. The second kappa shape index (κ2) is 13.6. The summed E-state index contributed by atoms with van der Waals surface area (Å²) in [6.07, 6.45) is 13.1. The van der Waals surface area contributed by atoms with E-state index in [1.165, 1.54) is 5.56 Å². The van der Waals surface area contributed by atoms with Gasteiger partial charge in [-0.25, -0.2) is 0 Å². The Bertz CT molecular complexity index is 753. The zero-order chi connectivity index (χ0) is 25.2. The molecule has 1 aliphatic rings. The van der Waals surface area contributed by atoms with E-state index in [-0.39, 0.29) is 23.7 Å². The molecule has 0 unspecified atom stereocenters.